The van der Waals surface area contributed by atoms with Gasteiger partial charge in [-0.05, 0) is 30.7 Å². The third-order valence-corrected chi connectivity index (χ3v) is 4.61. The predicted octanol–water partition coefficient (Wildman–Crippen LogP) is 2.04. The molecule has 1 saturated heterocycles. The van der Waals surface area contributed by atoms with E-state index in [2.05, 4.69) is 42.8 Å². The Morgan fingerprint density at radius 2 is 1.63 bits per heavy atom. The third kappa shape index (κ3) is 5.05. The molecule has 1 saturated carbocycles. The quantitative estimate of drug-likeness (QED) is 0.794. The van der Waals surface area contributed by atoms with Crippen LogP contribution in [0.4, 0.5) is 0 Å². The van der Waals surface area contributed by atoms with Gasteiger partial charge in [0.2, 0.25) is 0 Å². The Morgan fingerprint density at radius 3 is 2.11 bits per heavy atom. The number of nitrogens with one attached hydrogen (secondary N) is 1. The Hall–Kier alpha value is -0.120. The summed E-state index contributed by atoms with van der Waals surface area (Å²) in [5.41, 5.74) is 0.348. The van der Waals surface area contributed by atoms with Gasteiger partial charge in [-0.3, -0.25) is 4.90 Å². The normalized spacial score (nSPS) is 24.6. The largest absolute Gasteiger partial charge is 0.312 e. The summed E-state index contributed by atoms with van der Waals surface area (Å²) in [6.07, 6.45) is 2.96. The minimum absolute atomic E-state index is 0.348. The minimum atomic E-state index is 0.348. The molecule has 1 aliphatic carbocycles. The maximum atomic E-state index is 3.67. The molecule has 1 atom stereocenters. The second-order valence-electron chi connectivity index (χ2n) is 7.52. The van der Waals surface area contributed by atoms with Crippen LogP contribution in [-0.2, 0) is 0 Å². The highest BCUT2D eigenvalue weighted by Gasteiger charge is 2.29. The van der Waals surface area contributed by atoms with E-state index in [4.69, 9.17) is 0 Å². The highest BCUT2D eigenvalue weighted by Crippen LogP contribution is 2.30. The van der Waals surface area contributed by atoms with Gasteiger partial charge in [-0.25, -0.2) is 0 Å². The van der Waals surface area contributed by atoms with E-state index in [1.54, 1.807) is 0 Å². The first-order valence-electron chi connectivity index (χ1n) is 8.17. The highest BCUT2D eigenvalue weighted by atomic mass is 15.3. The van der Waals surface area contributed by atoms with E-state index < -0.39 is 0 Å². The molecule has 2 aliphatic rings. The van der Waals surface area contributed by atoms with Gasteiger partial charge in [-0.15, -0.1) is 0 Å². The van der Waals surface area contributed by atoms with Crippen molar-refractivity contribution in [2.45, 2.75) is 46.6 Å². The second kappa shape index (κ2) is 6.55. The fourth-order valence-electron chi connectivity index (χ4n) is 2.97. The average molecular weight is 267 g/mol. The van der Waals surface area contributed by atoms with Gasteiger partial charge < -0.3 is 10.2 Å². The molecule has 0 aromatic carbocycles. The molecule has 1 aliphatic heterocycles. The van der Waals surface area contributed by atoms with Gasteiger partial charge in [0, 0.05) is 45.3 Å². The zero-order chi connectivity index (χ0) is 13.9. The van der Waals surface area contributed by atoms with Crippen molar-refractivity contribution in [3.8, 4) is 0 Å². The zero-order valence-corrected chi connectivity index (χ0v) is 13.4. The predicted molar refractivity (Wildman–Crippen MR) is 82.5 cm³/mol. The van der Waals surface area contributed by atoms with E-state index in [0.29, 0.717) is 11.5 Å². The van der Waals surface area contributed by atoms with Crippen LogP contribution in [0.25, 0.3) is 0 Å². The number of hydrogen-bond donors (Lipinski definition) is 1. The molecule has 1 heterocycles. The Balaban J connectivity index is 1.73. The van der Waals surface area contributed by atoms with E-state index in [1.807, 2.05) is 0 Å². The Bertz CT molecular complexity index is 260. The van der Waals surface area contributed by atoms with E-state index in [0.717, 1.165) is 12.5 Å². The van der Waals surface area contributed by atoms with Gasteiger partial charge in [-0.1, -0.05) is 27.7 Å². The molecule has 112 valence electrons. The molecule has 0 amide bonds. The Morgan fingerprint density at radius 1 is 1.05 bits per heavy atom. The highest BCUT2D eigenvalue weighted by molar-refractivity contribution is 4.86. The summed E-state index contributed by atoms with van der Waals surface area (Å²) in [5, 5.41) is 3.67. The molecular formula is C16H33N3. The summed E-state index contributed by atoms with van der Waals surface area (Å²) in [4.78, 5) is 5.33. The lowest BCUT2D eigenvalue weighted by molar-refractivity contribution is 0.100. The molecule has 0 spiro atoms. The maximum absolute atomic E-state index is 3.67. The van der Waals surface area contributed by atoms with Gasteiger partial charge in [0.25, 0.3) is 0 Å². The molecule has 19 heavy (non-hydrogen) atoms. The lowest BCUT2D eigenvalue weighted by atomic mass is 9.86. The minimum Gasteiger partial charge on any atom is -0.312 e. The summed E-state index contributed by atoms with van der Waals surface area (Å²) >= 11 is 0. The van der Waals surface area contributed by atoms with Crippen LogP contribution >= 0.6 is 0 Å². The van der Waals surface area contributed by atoms with Gasteiger partial charge in [0.05, 0.1) is 0 Å². The van der Waals surface area contributed by atoms with Crippen molar-refractivity contribution in [2.75, 3.05) is 45.8 Å². The van der Waals surface area contributed by atoms with Crippen molar-refractivity contribution < 1.29 is 0 Å². The topological polar surface area (TPSA) is 18.5 Å². The Labute approximate surface area is 119 Å². The fourth-order valence-corrected chi connectivity index (χ4v) is 2.97. The van der Waals surface area contributed by atoms with Crippen LogP contribution < -0.4 is 5.32 Å². The Kier molecular flexibility index (Phi) is 5.27. The maximum Gasteiger partial charge on any atom is 0.0243 e. The molecule has 0 radical (unpaired) electrons. The summed E-state index contributed by atoms with van der Waals surface area (Å²) in [7, 11) is 0. The SMILES string of the molecule is CCNC(CN1CCN(CC2CC2)CC1)C(C)(C)C. The van der Waals surface area contributed by atoms with Crippen molar-refractivity contribution in [1.29, 1.82) is 0 Å². The van der Waals surface area contributed by atoms with Crippen LogP contribution in [0.1, 0.15) is 40.5 Å². The molecule has 0 aromatic heterocycles. The first-order valence-corrected chi connectivity index (χ1v) is 8.17. The molecule has 3 heteroatoms. The number of piperazine rings is 1. The van der Waals surface area contributed by atoms with Crippen molar-refractivity contribution in [3.63, 3.8) is 0 Å². The van der Waals surface area contributed by atoms with Gasteiger partial charge in [0.15, 0.2) is 0 Å². The van der Waals surface area contributed by atoms with Crippen LogP contribution in [0, 0.1) is 11.3 Å². The first kappa shape index (κ1) is 15.3. The van der Waals surface area contributed by atoms with E-state index in [-0.39, 0.29) is 0 Å². The van der Waals surface area contributed by atoms with E-state index >= 15 is 0 Å². The van der Waals surface area contributed by atoms with Gasteiger partial charge in [-0.2, -0.15) is 0 Å². The van der Waals surface area contributed by atoms with Crippen molar-refractivity contribution >= 4 is 0 Å². The molecule has 2 rings (SSSR count). The summed E-state index contributed by atoms with van der Waals surface area (Å²) < 4.78 is 0. The molecule has 0 aromatic rings. The van der Waals surface area contributed by atoms with Crippen molar-refractivity contribution in [2.24, 2.45) is 11.3 Å². The van der Waals surface area contributed by atoms with Gasteiger partial charge in [0.1, 0.15) is 0 Å². The molecule has 1 N–H and O–H groups in total. The van der Waals surface area contributed by atoms with Crippen molar-refractivity contribution in [3.05, 3.63) is 0 Å². The summed E-state index contributed by atoms with van der Waals surface area (Å²) in [6, 6.07) is 0.604. The molecule has 2 fully saturated rings. The van der Waals surface area contributed by atoms with Crippen LogP contribution in [-0.4, -0.2) is 61.7 Å². The van der Waals surface area contributed by atoms with Crippen LogP contribution in [0.5, 0.6) is 0 Å². The summed E-state index contributed by atoms with van der Waals surface area (Å²) in [5.74, 6) is 1.04. The van der Waals surface area contributed by atoms with Crippen molar-refractivity contribution in [1.82, 2.24) is 15.1 Å². The number of likely N-dealkylation sites (N-methyl/N-ethyl adjacent to an activating group) is 1. The number of hydrogen-bond acceptors (Lipinski definition) is 3. The number of rotatable bonds is 6. The fraction of sp³-hybridized carbons (Fsp3) is 1.00. The van der Waals surface area contributed by atoms with Gasteiger partial charge >= 0.3 is 0 Å². The van der Waals surface area contributed by atoms with Crippen LogP contribution in [0.2, 0.25) is 0 Å². The zero-order valence-electron chi connectivity index (χ0n) is 13.4. The average Bonchev–Trinajstić information content (AvgIpc) is 3.14. The lowest BCUT2D eigenvalue weighted by Crippen LogP contribution is -2.54. The molecule has 3 nitrogen and oxygen atoms in total. The number of nitrogens with zero attached hydrogens (tertiary/aromatic N) is 2. The molecular weight excluding hydrogens is 234 g/mol. The first-order chi connectivity index (χ1) is 8.99. The van der Waals surface area contributed by atoms with E-state index in [1.165, 1.54) is 52.1 Å². The molecule has 0 bridgehead atoms. The lowest BCUT2D eigenvalue weighted by Gasteiger charge is -2.40. The summed E-state index contributed by atoms with van der Waals surface area (Å²) in [6.45, 7) is 18.0. The standard InChI is InChI=1S/C16H33N3/c1-5-17-15(16(2,3)4)13-19-10-8-18(9-11-19)12-14-6-7-14/h14-15,17H,5-13H2,1-4H3. The monoisotopic (exact) mass is 267 g/mol. The third-order valence-electron chi connectivity index (χ3n) is 4.61. The van der Waals surface area contributed by atoms with Crippen LogP contribution in [0.15, 0.2) is 0 Å². The smallest absolute Gasteiger partial charge is 0.0243 e. The van der Waals surface area contributed by atoms with E-state index in [9.17, 15) is 0 Å². The second-order valence-corrected chi connectivity index (χ2v) is 7.52. The van der Waals surface area contributed by atoms with Crippen LogP contribution in [0.3, 0.4) is 0 Å². The molecule has 1 unspecified atom stereocenters.